The molecule has 2 nitrogen and oxygen atoms in total. The highest BCUT2D eigenvalue weighted by molar-refractivity contribution is 5.51. The standard InChI is InChI=1S/C17H26N2/c1-12-9-17(2,3)10-16(12)19-8-7-13-5-4-6-15(18)14(13)11-19/h4-6,12,16H,7-11,18H2,1-3H3. The van der Waals surface area contributed by atoms with Crippen molar-refractivity contribution in [3.63, 3.8) is 0 Å². The van der Waals surface area contributed by atoms with Crippen LogP contribution in [0.2, 0.25) is 0 Å². The van der Waals surface area contributed by atoms with E-state index in [2.05, 4.69) is 37.8 Å². The lowest BCUT2D eigenvalue weighted by Gasteiger charge is -2.36. The van der Waals surface area contributed by atoms with Crippen molar-refractivity contribution in [3.05, 3.63) is 29.3 Å². The highest BCUT2D eigenvalue weighted by Crippen LogP contribution is 2.44. The van der Waals surface area contributed by atoms with Gasteiger partial charge in [0.25, 0.3) is 0 Å². The van der Waals surface area contributed by atoms with E-state index in [1.807, 2.05) is 6.07 Å². The minimum atomic E-state index is 0.507. The van der Waals surface area contributed by atoms with E-state index in [-0.39, 0.29) is 0 Å². The van der Waals surface area contributed by atoms with Crippen molar-refractivity contribution in [3.8, 4) is 0 Å². The number of nitrogen functional groups attached to an aromatic ring is 1. The summed E-state index contributed by atoms with van der Waals surface area (Å²) in [5.41, 5.74) is 10.5. The molecule has 1 aliphatic carbocycles. The van der Waals surface area contributed by atoms with Gasteiger partial charge in [-0.1, -0.05) is 32.9 Å². The van der Waals surface area contributed by atoms with E-state index in [4.69, 9.17) is 5.73 Å². The molecule has 0 saturated heterocycles. The number of fused-ring (bicyclic) bond motifs is 1. The van der Waals surface area contributed by atoms with E-state index in [1.165, 1.54) is 30.5 Å². The molecular formula is C17H26N2. The van der Waals surface area contributed by atoms with Crippen molar-refractivity contribution >= 4 is 5.69 Å². The van der Waals surface area contributed by atoms with E-state index in [0.717, 1.165) is 30.6 Å². The maximum absolute atomic E-state index is 6.16. The molecule has 1 heterocycles. The van der Waals surface area contributed by atoms with Gasteiger partial charge in [-0.15, -0.1) is 0 Å². The van der Waals surface area contributed by atoms with Gasteiger partial charge in [-0.05, 0) is 47.8 Å². The molecule has 1 aliphatic heterocycles. The topological polar surface area (TPSA) is 29.3 Å². The summed E-state index contributed by atoms with van der Waals surface area (Å²) in [6.07, 6.45) is 3.84. The Morgan fingerprint density at radius 3 is 2.74 bits per heavy atom. The fourth-order valence-corrected chi connectivity index (χ4v) is 4.26. The van der Waals surface area contributed by atoms with Crippen LogP contribution in [0.25, 0.3) is 0 Å². The van der Waals surface area contributed by atoms with Crippen LogP contribution in [0, 0.1) is 11.3 Å². The van der Waals surface area contributed by atoms with Gasteiger partial charge in [0.15, 0.2) is 0 Å². The van der Waals surface area contributed by atoms with E-state index in [1.54, 1.807) is 0 Å². The lowest BCUT2D eigenvalue weighted by molar-refractivity contribution is 0.146. The maximum Gasteiger partial charge on any atom is 0.0362 e. The summed E-state index contributed by atoms with van der Waals surface area (Å²) >= 11 is 0. The van der Waals surface area contributed by atoms with Gasteiger partial charge in [0.1, 0.15) is 0 Å². The summed E-state index contributed by atoms with van der Waals surface area (Å²) in [7, 11) is 0. The number of rotatable bonds is 1. The molecule has 2 heteroatoms. The maximum atomic E-state index is 6.16. The zero-order valence-electron chi connectivity index (χ0n) is 12.4. The lowest BCUT2D eigenvalue weighted by Crippen LogP contribution is -2.41. The van der Waals surface area contributed by atoms with Crippen molar-refractivity contribution in [2.75, 3.05) is 12.3 Å². The Balaban J connectivity index is 1.81. The van der Waals surface area contributed by atoms with Gasteiger partial charge in [-0.3, -0.25) is 4.90 Å². The van der Waals surface area contributed by atoms with E-state index in [0.29, 0.717) is 5.41 Å². The van der Waals surface area contributed by atoms with Crippen molar-refractivity contribution in [2.24, 2.45) is 11.3 Å². The predicted molar refractivity (Wildman–Crippen MR) is 80.9 cm³/mol. The van der Waals surface area contributed by atoms with Crippen LogP contribution in [0.4, 0.5) is 5.69 Å². The Hall–Kier alpha value is -1.02. The smallest absolute Gasteiger partial charge is 0.0362 e. The van der Waals surface area contributed by atoms with Crippen molar-refractivity contribution in [1.82, 2.24) is 4.90 Å². The Morgan fingerprint density at radius 2 is 2.05 bits per heavy atom. The summed E-state index contributed by atoms with van der Waals surface area (Å²) < 4.78 is 0. The number of nitrogens with zero attached hydrogens (tertiary/aromatic N) is 1. The predicted octanol–water partition coefficient (Wildman–Crippen LogP) is 3.45. The van der Waals surface area contributed by atoms with E-state index >= 15 is 0 Å². The molecule has 0 spiro atoms. The molecule has 1 aromatic rings. The molecule has 3 rings (SSSR count). The number of hydrogen-bond acceptors (Lipinski definition) is 2. The van der Waals surface area contributed by atoms with E-state index < -0.39 is 0 Å². The van der Waals surface area contributed by atoms with E-state index in [9.17, 15) is 0 Å². The van der Waals surface area contributed by atoms with Gasteiger partial charge in [-0.25, -0.2) is 0 Å². The van der Waals surface area contributed by atoms with Gasteiger partial charge in [0, 0.05) is 24.8 Å². The molecule has 0 amide bonds. The molecule has 1 fully saturated rings. The van der Waals surface area contributed by atoms with Crippen LogP contribution in [-0.2, 0) is 13.0 Å². The van der Waals surface area contributed by atoms with Crippen LogP contribution < -0.4 is 5.73 Å². The summed E-state index contributed by atoms with van der Waals surface area (Å²) in [6.45, 7) is 9.49. The molecule has 19 heavy (non-hydrogen) atoms. The summed E-state index contributed by atoms with van der Waals surface area (Å²) in [5.74, 6) is 0.807. The second kappa shape index (κ2) is 4.52. The zero-order chi connectivity index (χ0) is 13.6. The molecule has 104 valence electrons. The molecule has 2 unspecified atom stereocenters. The van der Waals surface area contributed by atoms with Gasteiger partial charge < -0.3 is 5.73 Å². The monoisotopic (exact) mass is 258 g/mol. The third-order valence-corrected chi connectivity index (χ3v) is 5.10. The van der Waals surface area contributed by atoms with Gasteiger partial charge in [0.05, 0.1) is 0 Å². The molecular weight excluding hydrogens is 232 g/mol. The Labute approximate surface area is 117 Å². The summed E-state index contributed by atoms with van der Waals surface area (Å²) in [4.78, 5) is 2.68. The lowest BCUT2D eigenvalue weighted by atomic mass is 9.90. The van der Waals surface area contributed by atoms with Crippen LogP contribution in [0.5, 0.6) is 0 Å². The Bertz CT molecular complexity index is 478. The van der Waals surface area contributed by atoms with Crippen LogP contribution >= 0.6 is 0 Å². The molecule has 2 atom stereocenters. The van der Waals surface area contributed by atoms with Crippen molar-refractivity contribution in [2.45, 2.75) is 52.6 Å². The molecule has 1 saturated carbocycles. The SMILES string of the molecule is CC1CC(C)(C)CC1N1CCc2cccc(N)c2C1. The zero-order valence-corrected chi connectivity index (χ0v) is 12.4. The first-order valence-corrected chi connectivity index (χ1v) is 7.56. The first-order valence-electron chi connectivity index (χ1n) is 7.56. The van der Waals surface area contributed by atoms with Crippen LogP contribution in [-0.4, -0.2) is 17.5 Å². The minimum absolute atomic E-state index is 0.507. The first kappa shape index (κ1) is 13.0. The number of hydrogen-bond donors (Lipinski definition) is 1. The third-order valence-electron chi connectivity index (χ3n) is 5.10. The molecule has 1 aromatic carbocycles. The second-order valence-electron chi connectivity index (χ2n) is 7.32. The quantitative estimate of drug-likeness (QED) is 0.782. The second-order valence-corrected chi connectivity index (χ2v) is 7.32. The van der Waals surface area contributed by atoms with Crippen LogP contribution in [0.3, 0.4) is 0 Å². The van der Waals surface area contributed by atoms with Crippen LogP contribution in [0.1, 0.15) is 44.7 Å². The van der Waals surface area contributed by atoms with Gasteiger partial charge >= 0.3 is 0 Å². The van der Waals surface area contributed by atoms with Crippen molar-refractivity contribution < 1.29 is 0 Å². The first-order chi connectivity index (χ1) is 8.96. The minimum Gasteiger partial charge on any atom is -0.398 e. The average Bonchev–Trinajstić information content (AvgIpc) is 2.63. The molecule has 0 bridgehead atoms. The highest BCUT2D eigenvalue weighted by Gasteiger charge is 2.40. The Morgan fingerprint density at radius 1 is 1.26 bits per heavy atom. The summed E-state index contributed by atoms with van der Waals surface area (Å²) in [5, 5.41) is 0. The molecule has 0 radical (unpaired) electrons. The van der Waals surface area contributed by atoms with Crippen molar-refractivity contribution in [1.29, 1.82) is 0 Å². The number of anilines is 1. The van der Waals surface area contributed by atoms with Gasteiger partial charge in [0.2, 0.25) is 0 Å². The largest absolute Gasteiger partial charge is 0.398 e. The fraction of sp³-hybridized carbons (Fsp3) is 0.647. The number of benzene rings is 1. The normalized spacial score (nSPS) is 30.3. The molecule has 2 N–H and O–H groups in total. The van der Waals surface area contributed by atoms with Gasteiger partial charge in [-0.2, -0.15) is 0 Å². The Kier molecular flexibility index (Phi) is 3.09. The highest BCUT2D eigenvalue weighted by atomic mass is 15.2. The number of nitrogens with two attached hydrogens (primary N) is 1. The van der Waals surface area contributed by atoms with Crippen LogP contribution in [0.15, 0.2) is 18.2 Å². The molecule has 0 aromatic heterocycles. The molecule has 2 aliphatic rings. The fourth-order valence-electron chi connectivity index (χ4n) is 4.26. The third kappa shape index (κ3) is 2.38. The summed E-state index contributed by atoms with van der Waals surface area (Å²) in [6, 6.07) is 7.11. The average molecular weight is 258 g/mol.